The van der Waals surface area contributed by atoms with Gasteiger partial charge in [-0.25, -0.2) is 9.97 Å². The fourth-order valence-corrected chi connectivity index (χ4v) is 1.54. The molecule has 0 aromatic carbocycles. The summed E-state index contributed by atoms with van der Waals surface area (Å²) in [6.45, 7) is 4.10. The molecule has 0 radical (unpaired) electrons. The smallest absolute Gasteiger partial charge is 0.179 e. The number of hydrogen-bond donors (Lipinski definition) is 1. The van der Waals surface area contributed by atoms with Crippen LogP contribution in [0, 0.1) is 0 Å². The van der Waals surface area contributed by atoms with Crippen molar-refractivity contribution in [2.24, 2.45) is 0 Å². The zero-order valence-corrected chi connectivity index (χ0v) is 10.7. The van der Waals surface area contributed by atoms with E-state index >= 15 is 0 Å². The van der Waals surface area contributed by atoms with Gasteiger partial charge in [0.15, 0.2) is 17.4 Å². The zero-order valence-electron chi connectivity index (χ0n) is 10.7. The minimum Gasteiger partial charge on any atom is -0.491 e. The Hall–Kier alpha value is -2.17. The van der Waals surface area contributed by atoms with Crippen molar-refractivity contribution < 1.29 is 4.74 Å². The molecule has 0 saturated heterocycles. The van der Waals surface area contributed by atoms with Crippen molar-refractivity contribution in [2.75, 3.05) is 12.4 Å². The SMILES string of the molecule is COc1cnc(-c2ccncc2)nc1NC(C)C. The van der Waals surface area contributed by atoms with Gasteiger partial charge in [0, 0.05) is 24.0 Å². The molecule has 0 unspecified atom stereocenters. The van der Waals surface area contributed by atoms with E-state index in [1.165, 1.54) is 0 Å². The van der Waals surface area contributed by atoms with Crippen molar-refractivity contribution in [2.45, 2.75) is 19.9 Å². The first-order valence-corrected chi connectivity index (χ1v) is 5.78. The van der Waals surface area contributed by atoms with E-state index in [0.717, 1.165) is 5.56 Å². The molecule has 94 valence electrons. The third-order valence-electron chi connectivity index (χ3n) is 2.34. The zero-order chi connectivity index (χ0) is 13.0. The molecule has 2 heterocycles. The van der Waals surface area contributed by atoms with Crippen molar-refractivity contribution in [1.82, 2.24) is 15.0 Å². The van der Waals surface area contributed by atoms with Gasteiger partial charge in [-0.1, -0.05) is 0 Å². The monoisotopic (exact) mass is 244 g/mol. The Kier molecular flexibility index (Phi) is 3.72. The van der Waals surface area contributed by atoms with Crippen LogP contribution in [0.5, 0.6) is 5.75 Å². The maximum Gasteiger partial charge on any atom is 0.179 e. The van der Waals surface area contributed by atoms with Crippen LogP contribution in [0.25, 0.3) is 11.4 Å². The molecule has 0 saturated carbocycles. The number of anilines is 1. The van der Waals surface area contributed by atoms with E-state index in [1.54, 1.807) is 25.7 Å². The number of rotatable bonds is 4. The van der Waals surface area contributed by atoms with E-state index < -0.39 is 0 Å². The highest BCUT2D eigenvalue weighted by molar-refractivity contribution is 5.59. The molecule has 18 heavy (non-hydrogen) atoms. The molecule has 1 N–H and O–H groups in total. The van der Waals surface area contributed by atoms with Crippen molar-refractivity contribution in [3.05, 3.63) is 30.7 Å². The normalized spacial score (nSPS) is 10.4. The minimum atomic E-state index is 0.277. The lowest BCUT2D eigenvalue weighted by Crippen LogP contribution is -2.12. The number of ether oxygens (including phenoxy) is 1. The van der Waals surface area contributed by atoms with Crippen LogP contribution < -0.4 is 10.1 Å². The van der Waals surface area contributed by atoms with Crippen LogP contribution in [0.1, 0.15) is 13.8 Å². The van der Waals surface area contributed by atoms with Gasteiger partial charge in [0.25, 0.3) is 0 Å². The second-order valence-electron chi connectivity index (χ2n) is 4.15. The second-order valence-corrected chi connectivity index (χ2v) is 4.15. The molecule has 0 atom stereocenters. The van der Waals surface area contributed by atoms with Crippen molar-refractivity contribution in [1.29, 1.82) is 0 Å². The Bertz CT molecular complexity index is 514. The van der Waals surface area contributed by atoms with Gasteiger partial charge < -0.3 is 10.1 Å². The summed E-state index contributed by atoms with van der Waals surface area (Å²) in [6, 6.07) is 4.03. The van der Waals surface area contributed by atoms with E-state index in [-0.39, 0.29) is 6.04 Å². The maximum absolute atomic E-state index is 5.24. The van der Waals surface area contributed by atoms with E-state index in [1.807, 2.05) is 26.0 Å². The summed E-state index contributed by atoms with van der Waals surface area (Å²) in [6.07, 6.45) is 5.12. The summed E-state index contributed by atoms with van der Waals surface area (Å²) in [4.78, 5) is 12.7. The minimum absolute atomic E-state index is 0.277. The summed E-state index contributed by atoms with van der Waals surface area (Å²) >= 11 is 0. The van der Waals surface area contributed by atoms with Crippen molar-refractivity contribution in [3.8, 4) is 17.1 Å². The molecule has 0 aliphatic carbocycles. The molecule has 0 spiro atoms. The van der Waals surface area contributed by atoms with E-state index in [9.17, 15) is 0 Å². The van der Waals surface area contributed by atoms with Crippen LogP contribution in [0.2, 0.25) is 0 Å². The van der Waals surface area contributed by atoms with Gasteiger partial charge in [0.05, 0.1) is 13.3 Å². The lowest BCUT2D eigenvalue weighted by molar-refractivity contribution is 0.412. The Labute approximate surface area is 106 Å². The fraction of sp³-hybridized carbons (Fsp3) is 0.308. The van der Waals surface area contributed by atoms with Crippen LogP contribution in [-0.4, -0.2) is 28.1 Å². The van der Waals surface area contributed by atoms with Gasteiger partial charge in [-0.2, -0.15) is 0 Å². The lowest BCUT2D eigenvalue weighted by atomic mass is 10.2. The van der Waals surface area contributed by atoms with Gasteiger partial charge >= 0.3 is 0 Å². The third kappa shape index (κ3) is 2.74. The molecule has 5 heteroatoms. The molecule has 0 amide bonds. The highest BCUT2D eigenvalue weighted by atomic mass is 16.5. The third-order valence-corrected chi connectivity index (χ3v) is 2.34. The topological polar surface area (TPSA) is 59.9 Å². The predicted octanol–water partition coefficient (Wildman–Crippen LogP) is 2.37. The van der Waals surface area contributed by atoms with Crippen LogP contribution in [0.4, 0.5) is 5.82 Å². The molecule has 0 aliphatic heterocycles. The molecule has 2 aromatic rings. The fourth-order valence-electron chi connectivity index (χ4n) is 1.54. The van der Waals surface area contributed by atoms with E-state index in [2.05, 4.69) is 20.3 Å². The van der Waals surface area contributed by atoms with Gasteiger partial charge in [-0.05, 0) is 26.0 Å². The highest BCUT2D eigenvalue weighted by Crippen LogP contribution is 2.24. The largest absolute Gasteiger partial charge is 0.491 e. The molecular weight excluding hydrogens is 228 g/mol. The summed E-state index contributed by atoms with van der Waals surface area (Å²) in [5.41, 5.74) is 0.930. The molecule has 2 rings (SSSR count). The average Bonchev–Trinajstić information content (AvgIpc) is 2.39. The van der Waals surface area contributed by atoms with Gasteiger partial charge in [-0.15, -0.1) is 0 Å². The van der Waals surface area contributed by atoms with Crippen LogP contribution in [0.15, 0.2) is 30.7 Å². The van der Waals surface area contributed by atoms with Gasteiger partial charge in [0.2, 0.25) is 0 Å². The number of hydrogen-bond acceptors (Lipinski definition) is 5. The van der Waals surface area contributed by atoms with Crippen LogP contribution >= 0.6 is 0 Å². The number of aromatic nitrogens is 3. The highest BCUT2D eigenvalue weighted by Gasteiger charge is 2.09. The molecule has 0 aliphatic rings. The molecule has 0 bridgehead atoms. The number of nitrogens with one attached hydrogen (secondary N) is 1. The lowest BCUT2D eigenvalue weighted by Gasteiger charge is -2.13. The molecule has 5 nitrogen and oxygen atoms in total. The Morgan fingerprint density at radius 1 is 1.22 bits per heavy atom. The maximum atomic E-state index is 5.24. The summed E-state index contributed by atoms with van der Waals surface area (Å²) in [5, 5.41) is 3.24. The van der Waals surface area contributed by atoms with E-state index in [4.69, 9.17) is 4.74 Å². The van der Waals surface area contributed by atoms with E-state index in [0.29, 0.717) is 17.4 Å². The van der Waals surface area contributed by atoms with Gasteiger partial charge in [0.1, 0.15) is 0 Å². The van der Waals surface area contributed by atoms with Gasteiger partial charge in [-0.3, -0.25) is 4.98 Å². The average molecular weight is 244 g/mol. The molecule has 0 fully saturated rings. The van der Waals surface area contributed by atoms with Crippen LogP contribution in [0.3, 0.4) is 0 Å². The number of nitrogens with zero attached hydrogens (tertiary/aromatic N) is 3. The number of methoxy groups -OCH3 is 1. The summed E-state index contributed by atoms with van der Waals surface area (Å²) in [7, 11) is 1.61. The summed E-state index contributed by atoms with van der Waals surface area (Å²) < 4.78 is 5.24. The molecule has 2 aromatic heterocycles. The first kappa shape index (κ1) is 12.3. The first-order chi connectivity index (χ1) is 8.70. The van der Waals surface area contributed by atoms with Crippen molar-refractivity contribution in [3.63, 3.8) is 0 Å². The quantitative estimate of drug-likeness (QED) is 0.894. The first-order valence-electron chi connectivity index (χ1n) is 5.78. The Morgan fingerprint density at radius 2 is 1.94 bits per heavy atom. The Balaban J connectivity index is 2.39. The molecular formula is C13H16N4O. The predicted molar refractivity (Wildman–Crippen MR) is 70.6 cm³/mol. The number of pyridine rings is 1. The van der Waals surface area contributed by atoms with Crippen LogP contribution in [-0.2, 0) is 0 Å². The Morgan fingerprint density at radius 3 is 2.56 bits per heavy atom. The van der Waals surface area contributed by atoms with Crippen molar-refractivity contribution >= 4 is 5.82 Å². The standard InChI is InChI=1S/C13H16N4O/c1-9(2)16-13-11(18-3)8-15-12(17-13)10-4-6-14-7-5-10/h4-9H,1-3H3,(H,15,16,17). The summed E-state index contributed by atoms with van der Waals surface area (Å²) in [5.74, 6) is 2.00. The second kappa shape index (κ2) is 5.44.